The van der Waals surface area contributed by atoms with Crippen LogP contribution in [0.15, 0.2) is 56.6 Å². The van der Waals surface area contributed by atoms with E-state index in [1.807, 2.05) is 0 Å². The Morgan fingerprint density at radius 3 is 2.43 bits per heavy atom. The van der Waals surface area contributed by atoms with Crippen LogP contribution in [0.4, 0.5) is 5.69 Å². The summed E-state index contributed by atoms with van der Waals surface area (Å²) in [5, 5.41) is 12.5. The van der Waals surface area contributed by atoms with Crippen LogP contribution < -0.4 is 35.0 Å². The molecule has 12 heteroatoms. The van der Waals surface area contributed by atoms with Gasteiger partial charge in [0.1, 0.15) is 15.1 Å². The van der Waals surface area contributed by atoms with Crippen LogP contribution in [-0.4, -0.2) is 35.6 Å². The average Bonchev–Trinajstić information content (AvgIpc) is 3.22. The predicted octanol–water partition coefficient (Wildman–Crippen LogP) is 0.138. The van der Waals surface area contributed by atoms with Crippen LogP contribution in [0.5, 0.6) is 0 Å². The summed E-state index contributed by atoms with van der Waals surface area (Å²) in [6.07, 6.45) is 0. The fourth-order valence-corrected chi connectivity index (χ4v) is 5.18. The Bertz CT molecular complexity index is 1300. The number of hydrogen-bond donors (Lipinski definition) is 1. The molecule has 0 fully saturated rings. The van der Waals surface area contributed by atoms with E-state index in [-0.39, 0.29) is 40.4 Å². The Labute approximate surface area is 198 Å². The van der Waals surface area contributed by atoms with Gasteiger partial charge in [-0.3, -0.25) is 4.79 Å². The quantitative estimate of drug-likeness (QED) is 0.342. The van der Waals surface area contributed by atoms with Crippen molar-refractivity contribution in [2.75, 3.05) is 0 Å². The van der Waals surface area contributed by atoms with Crippen molar-refractivity contribution in [3.8, 4) is 10.6 Å². The van der Waals surface area contributed by atoms with Gasteiger partial charge in [-0.2, -0.15) is 15.3 Å². The average molecular weight is 451 g/mol. The molecule has 148 valence electrons. The first-order valence-corrected chi connectivity index (χ1v) is 10.7. The first-order valence-electron chi connectivity index (χ1n) is 8.45. The monoisotopic (exact) mass is 451 g/mol. The molecule has 0 bridgehead atoms. The van der Waals surface area contributed by atoms with Crippen molar-refractivity contribution in [2.24, 2.45) is 15.3 Å². The van der Waals surface area contributed by atoms with Gasteiger partial charge in [0, 0.05) is 5.56 Å². The minimum atomic E-state index is -4.61. The van der Waals surface area contributed by atoms with E-state index in [1.165, 1.54) is 0 Å². The Morgan fingerprint density at radius 2 is 1.83 bits per heavy atom. The van der Waals surface area contributed by atoms with Crippen LogP contribution in [0.3, 0.4) is 0 Å². The van der Waals surface area contributed by atoms with Crippen molar-refractivity contribution in [1.82, 2.24) is 10.4 Å². The second-order valence-corrected chi connectivity index (χ2v) is 8.74. The van der Waals surface area contributed by atoms with Crippen LogP contribution >= 0.6 is 11.3 Å². The molecular formula is C18H14N5NaO4S2. The molecule has 2 aromatic carbocycles. The van der Waals surface area contributed by atoms with E-state index in [9.17, 15) is 17.8 Å². The second kappa shape index (κ2) is 8.61. The number of aromatic nitrogens is 1. The fourth-order valence-electron chi connectivity index (χ4n) is 2.89. The van der Waals surface area contributed by atoms with Crippen LogP contribution in [-0.2, 0) is 14.9 Å². The van der Waals surface area contributed by atoms with Crippen molar-refractivity contribution in [3.05, 3.63) is 42.0 Å². The van der Waals surface area contributed by atoms with Gasteiger partial charge in [-0.25, -0.2) is 18.8 Å². The van der Waals surface area contributed by atoms with Gasteiger partial charge in [0.2, 0.25) is 0 Å². The summed E-state index contributed by atoms with van der Waals surface area (Å²) in [5.41, 5.74) is 5.02. The minimum absolute atomic E-state index is 0. The number of hydrogen-bond acceptors (Lipinski definition) is 9. The number of nitrogens with zero attached hydrogens (tertiary/aromatic N) is 4. The molecule has 0 spiro atoms. The van der Waals surface area contributed by atoms with Gasteiger partial charge in [-0.1, -0.05) is 6.07 Å². The number of carbonyl (C=O) groups excluding carboxylic acids is 1. The molecule has 1 amide bonds. The third-order valence-corrected chi connectivity index (χ3v) is 6.64. The number of azo groups is 1. The summed E-state index contributed by atoms with van der Waals surface area (Å²) in [6, 6.07) is 9.49. The van der Waals surface area contributed by atoms with E-state index in [4.69, 9.17) is 0 Å². The second-order valence-electron chi connectivity index (χ2n) is 6.43. The number of aryl methyl sites for hydroxylation is 1. The Kier molecular flexibility index (Phi) is 6.51. The zero-order valence-electron chi connectivity index (χ0n) is 16.3. The zero-order chi connectivity index (χ0) is 20.8. The van der Waals surface area contributed by atoms with E-state index in [0.29, 0.717) is 32.2 Å². The molecule has 0 saturated heterocycles. The molecule has 1 aliphatic rings. The largest absolute Gasteiger partial charge is 1.00 e. The summed E-state index contributed by atoms with van der Waals surface area (Å²) < 4.78 is 35.3. The Hall–Kier alpha value is -2.02. The van der Waals surface area contributed by atoms with Gasteiger partial charge in [0.05, 0.1) is 26.5 Å². The van der Waals surface area contributed by atoms with E-state index < -0.39 is 16.2 Å². The van der Waals surface area contributed by atoms with E-state index in [1.54, 1.807) is 50.2 Å². The summed E-state index contributed by atoms with van der Waals surface area (Å²) in [6.45, 7) is 3.27. The summed E-state index contributed by atoms with van der Waals surface area (Å²) in [5.74, 6) is -0.322. The third-order valence-electron chi connectivity index (χ3n) is 4.35. The van der Waals surface area contributed by atoms with Gasteiger partial charge >= 0.3 is 29.6 Å². The molecule has 9 nitrogen and oxygen atoms in total. The first-order chi connectivity index (χ1) is 13.7. The number of rotatable bonds is 4. The van der Waals surface area contributed by atoms with Crippen molar-refractivity contribution in [1.29, 1.82) is 0 Å². The van der Waals surface area contributed by atoms with Gasteiger partial charge in [0.15, 0.2) is 6.04 Å². The number of fused-ring (bicyclic) bond motifs is 1. The van der Waals surface area contributed by atoms with Crippen molar-refractivity contribution in [2.45, 2.75) is 24.8 Å². The summed E-state index contributed by atoms with van der Waals surface area (Å²) in [4.78, 5) is 15.8. The van der Waals surface area contributed by atoms with Crippen molar-refractivity contribution < 1.29 is 47.3 Å². The molecule has 0 saturated carbocycles. The van der Waals surface area contributed by atoms with E-state index >= 15 is 0 Å². The van der Waals surface area contributed by atoms with Gasteiger partial charge in [0.25, 0.3) is 5.91 Å². The Balaban J connectivity index is 0.00000256. The molecule has 2 heterocycles. The Morgan fingerprint density at radius 1 is 1.13 bits per heavy atom. The zero-order valence-corrected chi connectivity index (χ0v) is 19.9. The van der Waals surface area contributed by atoms with E-state index in [0.717, 1.165) is 16.9 Å². The molecule has 3 aromatic rings. The molecule has 1 atom stereocenters. The standard InChI is InChI=1S/C18H15N5O4S2.Na/c1-9-3-8-13-15(16(9)29(25,26)27)28-18(19-13)11-4-6-12(7-5-11)21-22-14-10(2)20-23-17(14)24;/h3-8,14H,1-2H3,(H,23,24)(H,25,26,27);/q;+1/p-1. The number of benzene rings is 2. The topological polar surface area (TPSA) is 136 Å². The van der Waals surface area contributed by atoms with Gasteiger partial charge < -0.3 is 4.55 Å². The van der Waals surface area contributed by atoms with Crippen LogP contribution in [0.25, 0.3) is 20.8 Å². The van der Waals surface area contributed by atoms with Crippen LogP contribution in [0, 0.1) is 6.92 Å². The molecule has 1 unspecified atom stereocenters. The summed E-state index contributed by atoms with van der Waals surface area (Å²) in [7, 11) is -4.61. The molecule has 0 aliphatic carbocycles. The van der Waals surface area contributed by atoms with Gasteiger partial charge in [-0.15, -0.1) is 11.3 Å². The smallest absolute Gasteiger partial charge is 0.744 e. The maximum absolute atomic E-state index is 11.6. The van der Waals surface area contributed by atoms with Crippen LogP contribution in [0.2, 0.25) is 0 Å². The first kappa shape index (κ1) is 22.7. The number of thiazole rings is 1. The van der Waals surface area contributed by atoms with Gasteiger partial charge in [-0.05, 0) is 49.7 Å². The molecule has 0 radical (unpaired) electrons. The van der Waals surface area contributed by atoms with Crippen LogP contribution in [0.1, 0.15) is 12.5 Å². The van der Waals surface area contributed by atoms with E-state index in [2.05, 4.69) is 25.7 Å². The number of amides is 1. The minimum Gasteiger partial charge on any atom is -0.744 e. The normalized spacial score (nSPS) is 16.6. The molecule has 4 rings (SSSR count). The third kappa shape index (κ3) is 4.36. The number of carbonyl (C=O) groups is 1. The summed E-state index contributed by atoms with van der Waals surface area (Å²) >= 11 is 1.15. The van der Waals surface area contributed by atoms with Crippen molar-refractivity contribution in [3.63, 3.8) is 0 Å². The molecule has 30 heavy (non-hydrogen) atoms. The maximum atomic E-state index is 11.6. The molecule has 1 aliphatic heterocycles. The fraction of sp³-hybridized carbons (Fsp3) is 0.167. The molecule has 1 N–H and O–H groups in total. The number of hydrazone groups is 1. The molecule has 1 aromatic heterocycles. The number of nitrogens with one attached hydrogen (secondary N) is 1. The van der Waals surface area contributed by atoms with Crippen molar-refractivity contribution >= 4 is 49.0 Å². The SMILES string of the molecule is CC1=NNC(=O)C1N=Nc1ccc(-c2nc3ccc(C)c(S(=O)(=O)[O-])c3s2)cc1.[Na+]. The predicted molar refractivity (Wildman–Crippen MR) is 107 cm³/mol. The maximum Gasteiger partial charge on any atom is 1.00 e. The molecular weight excluding hydrogens is 437 g/mol.